The van der Waals surface area contributed by atoms with Crippen LogP contribution < -0.4 is 0 Å². The predicted octanol–water partition coefficient (Wildman–Crippen LogP) is 0.780. The lowest BCUT2D eigenvalue weighted by molar-refractivity contribution is 0.0270. The number of likely N-dealkylation sites (tertiary alicyclic amines) is 1. The van der Waals surface area contributed by atoms with Gasteiger partial charge in [-0.1, -0.05) is 5.21 Å². The molecule has 1 aromatic heterocycles. The number of fused-ring (bicyclic) bond motifs is 1. The number of carbonyl (C=O) groups is 1. The number of carbonyl (C=O) groups excluding carboxylic acids is 1. The lowest BCUT2D eigenvalue weighted by atomic mass is 10.2. The highest BCUT2D eigenvalue weighted by atomic mass is 16.6. The Kier molecular flexibility index (Phi) is 2.33. The van der Waals surface area contributed by atoms with Crippen molar-refractivity contribution in [2.24, 2.45) is 11.8 Å². The Hall–Kier alpha value is -1.66. The van der Waals surface area contributed by atoms with Gasteiger partial charge in [-0.05, 0) is 32.6 Å². The van der Waals surface area contributed by atoms with Gasteiger partial charge in [0, 0.05) is 19.0 Å². The van der Waals surface area contributed by atoms with Gasteiger partial charge in [0.05, 0.1) is 0 Å². The Labute approximate surface area is 105 Å². The molecule has 2 aliphatic rings. The number of tetrazole rings is 1. The number of piperidine rings is 1. The van der Waals surface area contributed by atoms with E-state index >= 15 is 0 Å². The van der Waals surface area contributed by atoms with Gasteiger partial charge in [-0.2, -0.15) is 5.21 Å². The third-order valence-electron chi connectivity index (χ3n) is 3.51. The van der Waals surface area contributed by atoms with E-state index in [4.69, 9.17) is 4.74 Å². The average Bonchev–Trinajstić information content (AvgIpc) is 2.76. The number of nitrogens with zero attached hydrogens (tertiary/aromatic N) is 4. The molecule has 1 saturated carbocycles. The summed E-state index contributed by atoms with van der Waals surface area (Å²) in [6.45, 7) is 7.11. The van der Waals surface area contributed by atoms with Crippen LogP contribution in [0.5, 0.6) is 0 Å². The summed E-state index contributed by atoms with van der Waals surface area (Å²) in [5.74, 6) is 2.07. The molecule has 1 aliphatic heterocycles. The van der Waals surface area contributed by atoms with Gasteiger partial charge in [-0.3, -0.25) is 0 Å². The van der Waals surface area contributed by atoms with E-state index in [0.29, 0.717) is 17.8 Å². The molecule has 0 bridgehead atoms. The molecular weight excluding hydrogens is 234 g/mol. The van der Waals surface area contributed by atoms with Crippen molar-refractivity contribution in [1.82, 2.24) is 25.5 Å². The largest absolute Gasteiger partial charge is 0.444 e. The Bertz CT molecular complexity index is 440. The second kappa shape index (κ2) is 3.66. The van der Waals surface area contributed by atoms with Gasteiger partial charge >= 0.3 is 6.09 Å². The maximum atomic E-state index is 11.9. The first-order valence-corrected chi connectivity index (χ1v) is 6.17. The van der Waals surface area contributed by atoms with Crippen molar-refractivity contribution in [1.29, 1.82) is 0 Å². The smallest absolute Gasteiger partial charge is 0.410 e. The normalized spacial score (nSPS) is 30.2. The van der Waals surface area contributed by atoms with Gasteiger partial charge in [-0.25, -0.2) is 4.79 Å². The molecular formula is C11H17N5O2. The van der Waals surface area contributed by atoms with E-state index in [1.54, 1.807) is 4.90 Å². The fourth-order valence-electron chi connectivity index (χ4n) is 2.70. The number of H-pyrrole nitrogens is 1. The molecule has 1 N–H and O–H groups in total. The third kappa shape index (κ3) is 1.93. The van der Waals surface area contributed by atoms with Crippen molar-refractivity contribution in [3.05, 3.63) is 5.82 Å². The summed E-state index contributed by atoms with van der Waals surface area (Å²) in [6.07, 6.45) is -0.221. The summed E-state index contributed by atoms with van der Waals surface area (Å²) >= 11 is 0. The SMILES string of the molecule is CC(C)(C)OC(=O)N1CC2C(c3nn[nH]n3)[C@H]2C1. The Balaban J connectivity index is 1.56. The molecule has 18 heavy (non-hydrogen) atoms. The van der Waals surface area contributed by atoms with Gasteiger partial charge < -0.3 is 9.64 Å². The van der Waals surface area contributed by atoms with Gasteiger partial charge in [0.2, 0.25) is 0 Å². The monoisotopic (exact) mass is 251 g/mol. The van der Waals surface area contributed by atoms with E-state index in [1.807, 2.05) is 20.8 Å². The fraction of sp³-hybridized carbons (Fsp3) is 0.818. The molecule has 0 radical (unpaired) electrons. The minimum atomic E-state index is -0.434. The molecule has 1 saturated heterocycles. The first kappa shape index (κ1) is 11.4. The van der Waals surface area contributed by atoms with Crippen molar-refractivity contribution in [2.75, 3.05) is 13.1 Å². The van der Waals surface area contributed by atoms with Crippen LogP contribution in [0, 0.1) is 11.8 Å². The zero-order valence-electron chi connectivity index (χ0n) is 10.8. The molecule has 7 heteroatoms. The second-order valence-corrected chi connectivity index (χ2v) is 6.01. The van der Waals surface area contributed by atoms with Gasteiger partial charge in [-0.15, -0.1) is 10.2 Å². The quantitative estimate of drug-likeness (QED) is 0.797. The highest BCUT2D eigenvalue weighted by molar-refractivity contribution is 5.69. The molecule has 98 valence electrons. The van der Waals surface area contributed by atoms with Gasteiger partial charge in [0.15, 0.2) is 5.82 Å². The van der Waals surface area contributed by atoms with Crippen LogP contribution in [-0.2, 0) is 4.74 Å². The number of aromatic amines is 1. The first-order chi connectivity index (χ1) is 8.46. The molecule has 3 rings (SSSR count). The summed E-state index contributed by atoms with van der Waals surface area (Å²) in [7, 11) is 0. The zero-order chi connectivity index (χ0) is 12.9. The first-order valence-electron chi connectivity index (χ1n) is 6.17. The predicted molar refractivity (Wildman–Crippen MR) is 61.7 cm³/mol. The summed E-state index contributed by atoms with van der Waals surface area (Å²) in [6, 6.07) is 0. The molecule has 7 nitrogen and oxygen atoms in total. The van der Waals surface area contributed by atoms with Crippen LogP contribution in [0.3, 0.4) is 0 Å². The number of aromatic nitrogens is 4. The third-order valence-corrected chi connectivity index (χ3v) is 3.51. The standard InChI is InChI=1S/C11H17N5O2/c1-11(2,3)18-10(17)16-4-6-7(5-16)8(6)9-12-14-15-13-9/h6-8H,4-5H2,1-3H3,(H,12,13,14,15)/t6-,7?,8?/m0/s1. The topological polar surface area (TPSA) is 84.0 Å². The van der Waals surface area contributed by atoms with Crippen molar-refractivity contribution >= 4 is 6.09 Å². The molecule has 2 fully saturated rings. The van der Waals surface area contributed by atoms with E-state index in [0.717, 1.165) is 18.9 Å². The molecule has 1 aromatic rings. The zero-order valence-corrected chi connectivity index (χ0v) is 10.8. The summed E-state index contributed by atoms with van der Waals surface area (Å²) in [4.78, 5) is 13.6. The van der Waals surface area contributed by atoms with Crippen LogP contribution in [0.4, 0.5) is 4.79 Å². The molecule has 2 unspecified atom stereocenters. The Morgan fingerprint density at radius 1 is 1.39 bits per heavy atom. The summed E-state index contributed by atoms with van der Waals surface area (Å²) in [5, 5.41) is 14.1. The van der Waals surface area contributed by atoms with E-state index in [1.165, 1.54) is 0 Å². The maximum absolute atomic E-state index is 11.9. The lowest BCUT2D eigenvalue weighted by Crippen LogP contribution is -2.36. The maximum Gasteiger partial charge on any atom is 0.410 e. The summed E-state index contributed by atoms with van der Waals surface area (Å²) in [5.41, 5.74) is -0.434. The number of rotatable bonds is 1. The molecule has 1 amide bonds. The van der Waals surface area contributed by atoms with Crippen LogP contribution in [-0.4, -0.2) is 50.3 Å². The Morgan fingerprint density at radius 2 is 2.06 bits per heavy atom. The number of ether oxygens (including phenoxy) is 1. The van der Waals surface area contributed by atoms with Gasteiger partial charge in [0.1, 0.15) is 5.60 Å². The minimum absolute atomic E-state index is 0.221. The van der Waals surface area contributed by atoms with Crippen LogP contribution >= 0.6 is 0 Å². The highest BCUT2D eigenvalue weighted by Crippen LogP contribution is 2.57. The van der Waals surface area contributed by atoms with Crippen molar-refractivity contribution in [2.45, 2.75) is 32.3 Å². The van der Waals surface area contributed by atoms with E-state index < -0.39 is 5.60 Å². The van der Waals surface area contributed by atoms with E-state index in [-0.39, 0.29) is 6.09 Å². The highest BCUT2D eigenvalue weighted by Gasteiger charge is 2.59. The second-order valence-electron chi connectivity index (χ2n) is 6.01. The van der Waals surface area contributed by atoms with Crippen molar-refractivity contribution in [3.63, 3.8) is 0 Å². The number of hydrogen-bond donors (Lipinski definition) is 1. The molecule has 1 aliphatic carbocycles. The molecule has 0 spiro atoms. The average molecular weight is 251 g/mol. The summed E-state index contributed by atoms with van der Waals surface area (Å²) < 4.78 is 5.35. The van der Waals surface area contributed by atoms with E-state index in [2.05, 4.69) is 20.6 Å². The van der Waals surface area contributed by atoms with Crippen LogP contribution in [0.1, 0.15) is 32.5 Å². The van der Waals surface area contributed by atoms with Crippen LogP contribution in [0.25, 0.3) is 0 Å². The van der Waals surface area contributed by atoms with Crippen molar-refractivity contribution in [3.8, 4) is 0 Å². The molecule has 0 aromatic carbocycles. The van der Waals surface area contributed by atoms with Crippen molar-refractivity contribution < 1.29 is 9.53 Å². The van der Waals surface area contributed by atoms with Gasteiger partial charge in [0.25, 0.3) is 0 Å². The van der Waals surface area contributed by atoms with E-state index in [9.17, 15) is 4.79 Å². The molecule has 2 heterocycles. The number of hydrogen-bond acceptors (Lipinski definition) is 5. The van der Waals surface area contributed by atoms with Crippen LogP contribution in [0.2, 0.25) is 0 Å². The minimum Gasteiger partial charge on any atom is -0.444 e. The lowest BCUT2D eigenvalue weighted by Gasteiger charge is -2.25. The number of nitrogens with one attached hydrogen (secondary N) is 1. The Morgan fingerprint density at radius 3 is 2.56 bits per heavy atom. The number of amides is 1. The fourth-order valence-corrected chi connectivity index (χ4v) is 2.70. The molecule has 3 atom stereocenters. The van der Waals surface area contributed by atoms with Crippen LogP contribution in [0.15, 0.2) is 0 Å².